The first-order chi connectivity index (χ1) is 17.6. The van der Waals surface area contributed by atoms with Crippen molar-refractivity contribution in [2.75, 3.05) is 18.9 Å². The summed E-state index contributed by atoms with van der Waals surface area (Å²) in [6.45, 7) is 8.52. The van der Waals surface area contributed by atoms with Crippen LogP contribution >= 0.6 is 11.6 Å². The van der Waals surface area contributed by atoms with Crippen LogP contribution in [0, 0.1) is 11.7 Å². The molecule has 3 aliphatic rings. The van der Waals surface area contributed by atoms with E-state index in [0.717, 1.165) is 28.7 Å². The van der Waals surface area contributed by atoms with Crippen molar-refractivity contribution in [1.29, 1.82) is 0 Å². The molecular weight excluding hydrogens is 495 g/mol. The summed E-state index contributed by atoms with van der Waals surface area (Å²) < 4.78 is 16.3. The van der Waals surface area contributed by atoms with Gasteiger partial charge >= 0.3 is 0 Å². The summed E-state index contributed by atoms with van der Waals surface area (Å²) in [4.78, 5) is 40.4. The predicted octanol–water partition coefficient (Wildman–Crippen LogP) is 4.62. The fourth-order valence-electron chi connectivity index (χ4n) is 5.54. The number of carbonyl (C=O) groups excluding carboxylic acids is 2. The molecule has 0 aromatic carbocycles. The first-order valence-corrected chi connectivity index (χ1v) is 13.0. The van der Waals surface area contributed by atoms with Gasteiger partial charge in [-0.25, -0.2) is 14.4 Å². The number of halogens is 2. The number of hydrogen-bond donors (Lipinski definition) is 2. The highest BCUT2D eigenvalue weighted by atomic mass is 35.5. The Balaban J connectivity index is 1.64. The fraction of sp³-hybridized carbons (Fsp3) is 0.444. The van der Waals surface area contributed by atoms with Crippen molar-refractivity contribution in [1.82, 2.24) is 25.2 Å². The Morgan fingerprint density at radius 3 is 2.62 bits per heavy atom. The van der Waals surface area contributed by atoms with Crippen molar-refractivity contribution in [2.24, 2.45) is 5.92 Å². The zero-order valence-corrected chi connectivity index (χ0v) is 22.4. The molecule has 10 heteroatoms. The lowest BCUT2D eigenvalue weighted by Crippen LogP contribution is -2.42. The van der Waals surface area contributed by atoms with E-state index in [1.54, 1.807) is 18.1 Å². The molecule has 194 valence electrons. The largest absolute Gasteiger partial charge is 0.352 e. The first kappa shape index (κ1) is 25.3. The van der Waals surface area contributed by atoms with Crippen molar-refractivity contribution in [3.05, 3.63) is 56.4 Å². The Morgan fingerprint density at radius 2 is 1.92 bits per heavy atom. The molecule has 0 saturated heterocycles. The van der Waals surface area contributed by atoms with Gasteiger partial charge in [-0.2, -0.15) is 4.98 Å². The average molecular weight is 525 g/mol. The number of amides is 2. The van der Waals surface area contributed by atoms with Crippen LogP contribution in [0.15, 0.2) is 22.9 Å². The van der Waals surface area contributed by atoms with Crippen LogP contribution in [0.4, 0.5) is 16.0 Å². The maximum Gasteiger partial charge on any atom is 0.259 e. The standard InChI is InChI=1S/C27H30ClFN6O2/c1-12(2)18-16(19-13(3)8-9-30-25(19)36)7-6-15-11-31-24(22(29)20(15)18)33-23-21-17(32-27(28)34-23)10-14(4)35(5)26(21)37/h11-12,14H,6-10H2,1-5H3,(H,30,36)(H,31,32,33,34). The van der Waals surface area contributed by atoms with E-state index in [-0.39, 0.29) is 46.3 Å². The molecule has 2 amide bonds. The summed E-state index contributed by atoms with van der Waals surface area (Å²) in [6.07, 6.45) is 4.16. The van der Waals surface area contributed by atoms with Crippen LogP contribution in [0.5, 0.6) is 0 Å². The van der Waals surface area contributed by atoms with Crippen molar-refractivity contribution in [3.8, 4) is 0 Å². The van der Waals surface area contributed by atoms with Crippen LogP contribution in [0.3, 0.4) is 0 Å². The third-order valence-electron chi connectivity index (χ3n) is 7.53. The van der Waals surface area contributed by atoms with Crippen LogP contribution < -0.4 is 10.6 Å². The topological polar surface area (TPSA) is 100 Å². The van der Waals surface area contributed by atoms with Gasteiger partial charge in [-0.3, -0.25) is 9.59 Å². The van der Waals surface area contributed by atoms with Gasteiger partial charge in [-0.15, -0.1) is 0 Å². The fourth-order valence-corrected chi connectivity index (χ4v) is 5.73. The number of aromatic nitrogens is 3. The summed E-state index contributed by atoms with van der Waals surface area (Å²) in [7, 11) is 1.71. The van der Waals surface area contributed by atoms with Gasteiger partial charge in [0.25, 0.3) is 11.8 Å². The number of allylic oxidation sites excluding steroid dienone is 1. The molecule has 0 spiro atoms. The Morgan fingerprint density at radius 1 is 1.16 bits per heavy atom. The number of likely N-dealkylation sites (N-methyl/N-ethyl adjacent to an activating group) is 1. The van der Waals surface area contributed by atoms with E-state index in [0.29, 0.717) is 42.6 Å². The number of carbonyl (C=O) groups is 2. The number of pyridine rings is 1. The molecule has 0 saturated carbocycles. The first-order valence-electron chi connectivity index (χ1n) is 12.6. The van der Waals surface area contributed by atoms with E-state index < -0.39 is 5.82 Å². The summed E-state index contributed by atoms with van der Waals surface area (Å²) in [6, 6.07) is -0.0515. The van der Waals surface area contributed by atoms with Gasteiger partial charge in [0.1, 0.15) is 11.4 Å². The third-order valence-corrected chi connectivity index (χ3v) is 7.70. The van der Waals surface area contributed by atoms with E-state index in [2.05, 4.69) is 25.6 Å². The smallest absolute Gasteiger partial charge is 0.259 e. The molecule has 2 aromatic rings. The lowest BCUT2D eigenvalue weighted by atomic mass is 9.76. The Hall–Kier alpha value is -3.33. The number of aryl methyl sites for hydroxylation is 1. The highest BCUT2D eigenvalue weighted by Crippen LogP contribution is 2.43. The van der Waals surface area contributed by atoms with Crippen LogP contribution in [-0.4, -0.2) is 51.3 Å². The lowest BCUT2D eigenvalue weighted by Gasteiger charge is -2.32. The maximum atomic E-state index is 16.3. The number of anilines is 2. The molecule has 2 aromatic heterocycles. The molecule has 8 nitrogen and oxygen atoms in total. The predicted molar refractivity (Wildman–Crippen MR) is 140 cm³/mol. The summed E-state index contributed by atoms with van der Waals surface area (Å²) >= 11 is 6.18. The van der Waals surface area contributed by atoms with E-state index in [4.69, 9.17) is 11.6 Å². The van der Waals surface area contributed by atoms with Crippen molar-refractivity contribution in [2.45, 2.75) is 59.4 Å². The number of fused-ring (bicyclic) bond motifs is 2. The van der Waals surface area contributed by atoms with Crippen LogP contribution in [0.2, 0.25) is 5.28 Å². The SMILES string of the molecule is CC1=C(C2=C(C(C)C)c3c(cnc(Nc4nc(Cl)nc5c4C(=O)N(C)C(C)C5)c3F)CC2)C(=O)NCC1. The second kappa shape index (κ2) is 9.52. The molecule has 2 aliphatic heterocycles. The lowest BCUT2D eigenvalue weighted by molar-refractivity contribution is -0.117. The van der Waals surface area contributed by atoms with Crippen molar-refractivity contribution >= 4 is 40.6 Å². The summed E-state index contributed by atoms with van der Waals surface area (Å²) in [5.74, 6) is -0.869. The second-order valence-corrected chi connectivity index (χ2v) is 10.6. The molecular formula is C27H30ClFN6O2. The monoisotopic (exact) mass is 524 g/mol. The number of nitrogens with zero attached hydrogens (tertiary/aromatic N) is 4. The molecule has 4 heterocycles. The molecule has 0 radical (unpaired) electrons. The van der Waals surface area contributed by atoms with Crippen molar-refractivity contribution in [3.63, 3.8) is 0 Å². The molecule has 5 rings (SSSR count). The molecule has 0 fully saturated rings. The van der Waals surface area contributed by atoms with Crippen molar-refractivity contribution < 1.29 is 14.0 Å². The van der Waals surface area contributed by atoms with E-state index >= 15 is 4.39 Å². The molecule has 1 aliphatic carbocycles. The molecule has 0 bridgehead atoms. The number of rotatable bonds is 4. The van der Waals surface area contributed by atoms with Gasteiger partial charge in [-0.05, 0) is 67.3 Å². The van der Waals surface area contributed by atoms with Gasteiger partial charge in [0.2, 0.25) is 5.28 Å². The molecule has 37 heavy (non-hydrogen) atoms. The Labute approximate surface area is 220 Å². The minimum atomic E-state index is -0.540. The number of nitrogens with one attached hydrogen (secondary N) is 2. The van der Waals surface area contributed by atoms with Gasteiger partial charge < -0.3 is 15.5 Å². The van der Waals surface area contributed by atoms with Gasteiger partial charge in [0.15, 0.2) is 11.6 Å². The van der Waals surface area contributed by atoms with E-state index in [9.17, 15) is 9.59 Å². The zero-order valence-electron chi connectivity index (χ0n) is 21.6. The van der Waals surface area contributed by atoms with Gasteiger partial charge in [0, 0.05) is 43.4 Å². The summed E-state index contributed by atoms with van der Waals surface area (Å²) in [5, 5.41) is 5.85. The third kappa shape index (κ3) is 4.29. The van der Waals surface area contributed by atoms with Crippen LogP contribution in [-0.2, 0) is 17.6 Å². The zero-order chi connectivity index (χ0) is 26.6. The normalized spacial score (nSPS) is 19.8. The molecule has 2 N–H and O–H groups in total. The molecule has 1 unspecified atom stereocenters. The average Bonchev–Trinajstić information content (AvgIpc) is 2.83. The maximum absolute atomic E-state index is 16.3. The van der Waals surface area contributed by atoms with Crippen LogP contribution in [0.1, 0.15) is 67.7 Å². The second-order valence-electron chi connectivity index (χ2n) is 10.3. The minimum Gasteiger partial charge on any atom is -0.352 e. The van der Waals surface area contributed by atoms with Crippen LogP contribution in [0.25, 0.3) is 5.57 Å². The Bertz CT molecular complexity index is 1400. The number of hydrogen-bond acceptors (Lipinski definition) is 6. The highest BCUT2D eigenvalue weighted by molar-refractivity contribution is 6.28. The minimum absolute atomic E-state index is 0.0278. The van der Waals surface area contributed by atoms with Gasteiger partial charge in [0.05, 0.1) is 5.69 Å². The quantitative estimate of drug-likeness (QED) is 0.566. The molecule has 1 atom stereocenters. The Kier molecular flexibility index (Phi) is 6.52. The van der Waals surface area contributed by atoms with E-state index in [1.165, 1.54) is 0 Å². The van der Waals surface area contributed by atoms with Gasteiger partial charge in [-0.1, -0.05) is 19.4 Å². The van der Waals surface area contributed by atoms with E-state index in [1.807, 2.05) is 27.7 Å². The highest BCUT2D eigenvalue weighted by Gasteiger charge is 2.34. The summed E-state index contributed by atoms with van der Waals surface area (Å²) in [5.41, 5.74) is 5.43.